The van der Waals surface area contributed by atoms with Crippen LogP contribution in [0.2, 0.25) is 5.02 Å². The second-order valence-electron chi connectivity index (χ2n) is 7.07. The van der Waals surface area contributed by atoms with Crippen LogP contribution in [0.1, 0.15) is 5.82 Å². The highest BCUT2D eigenvalue weighted by atomic mass is 35.5. The third-order valence-corrected chi connectivity index (χ3v) is 5.90. The highest BCUT2D eigenvalue weighted by Crippen LogP contribution is 2.41. The molecule has 7 nitrogen and oxygen atoms in total. The van der Waals surface area contributed by atoms with E-state index in [2.05, 4.69) is 9.97 Å². The summed E-state index contributed by atoms with van der Waals surface area (Å²) in [4.78, 5) is 18.3. The Balaban J connectivity index is 2.42. The topological polar surface area (TPSA) is 106 Å². The van der Waals surface area contributed by atoms with E-state index in [0.29, 0.717) is 0 Å². The number of alkyl halides is 6. The van der Waals surface area contributed by atoms with E-state index < -0.39 is 56.0 Å². The third kappa shape index (κ3) is 5.71. The molecule has 2 N–H and O–H groups in total. The fourth-order valence-electron chi connectivity index (χ4n) is 2.93. The van der Waals surface area contributed by atoms with E-state index in [0.717, 1.165) is 30.5 Å². The molecule has 0 bridgehead atoms. The van der Waals surface area contributed by atoms with Crippen LogP contribution >= 0.6 is 11.6 Å². The summed E-state index contributed by atoms with van der Waals surface area (Å²) >= 11 is 5.84. The number of halogens is 7. The minimum absolute atomic E-state index is 0.0225. The average molecular weight is 539 g/mol. The van der Waals surface area contributed by atoms with Crippen LogP contribution in [0.25, 0.3) is 22.4 Å². The van der Waals surface area contributed by atoms with Crippen molar-refractivity contribution < 1.29 is 39.6 Å². The zero-order valence-electron chi connectivity index (χ0n) is 17.3. The van der Waals surface area contributed by atoms with Crippen LogP contribution in [0.4, 0.5) is 32.2 Å². The van der Waals surface area contributed by atoms with Crippen molar-refractivity contribution in [2.45, 2.75) is 17.2 Å². The largest absolute Gasteiger partial charge is 0.473 e. The van der Waals surface area contributed by atoms with Gasteiger partial charge in [-0.3, -0.25) is 4.79 Å². The van der Waals surface area contributed by atoms with Crippen molar-refractivity contribution in [3.63, 3.8) is 0 Å². The Hall–Kier alpha value is -3.23. The van der Waals surface area contributed by atoms with E-state index in [1.165, 1.54) is 24.3 Å². The number of hydrogen-bond donors (Lipinski definition) is 1. The Morgan fingerprint density at radius 1 is 0.914 bits per heavy atom. The zero-order chi connectivity index (χ0) is 26.3. The standard InChI is InChI=1S/C20H13ClF6N4O3S/c1-35(33,34)13-8-4-11(5-9-13)15-14(10-2-6-12(21)7-3-10)16(30-17(29-15)19(22,23)24)31(28)18(32)20(25,26)27/h2-9H,28H2,1H3. The molecule has 3 aromatic rings. The molecule has 3 rings (SSSR count). The monoisotopic (exact) mass is 538 g/mol. The van der Waals surface area contributed by atoms with E-state index >= 15 is 0 Å². The van der Waals surface area contributed by atoms with E-state index in [-0.39, 0.29) is 21.0 Å². The van der Waals surface area contributed by atoms with Crippen LogP contribution in [0.3, 0.4) is 0 Å². The van der Waals surface area contributed by atoms with Crippen molar-refractivity contribution in [1.82, 2.24) is 9.97 Å². The second kappa shape index (κ2) is 9.09. The van der Waals surface area contributed by atoms with Gasteiger partial charge in [0, 0.05) is 16.8 Å². The first-order valence-corrected chi connectivity index (χ1v) is 11.5. The van der Waals surface area contributed by atoms with Crippen molar-refractivity contribution in [3.05, 3.63) is 59.4 Å². The summed E-state index contributed by atoms with van der Waals surface area (Å²) in [5, 5.41) is -0.354. The molecule has 0 unspecified atom stereocenters. The lowest BCUT2D eigenvalue weighted by atomic mass is 9.99. The van der Waals surface area contributed by atoms with Crippen molar-refractivity contribution in [3.8, 4) is 22.4 Å². The van der Waals surface area contributed by atoms with Crippen LogP contribution < -0.4 is 10.9 Å². The molecule has 15 heteroatoms. The lowest BCUT2D eigenvalue weighted by molar-refractivity contribution is -0.170. The van der Waals surface area contributed by atoms with Gasteiger partial charge < -0.3 is 0 Å². The van der Waals surface area contributed by atoms with Gasteiger partial charge in [0.1, 0.15) is 0 Å². The van der Waals surface area contributed by atoms with Crippen LogP contribution in [-0.4, -0.2) is 36.7 Å². The maximum atomic E-state index is 13.6. The zero-order valence-corrected chi connectivity index (χ0v) is 18.9. The van der Waals surface area contributed by atoms with Gasteiger partial charge in [0.2, 0.25) is 5.82 Å². The number of carbonyl (C=O) groups is 1. The number of nitrogens with two attached hydrogens (primary N) is 1. The van der Waals surface area contributed by atoms with Gasteiger partial charge >= 0.3 is 18.3 Å². The van der Waals surface area contributed by atoms with Gasteiger partial charge in [-0.15, -0.1) is 0 Å². The van der Waals surface area contributed by atoms with E-state index in [9.17, 15) is 39.6 Å². The number of hydrazine groups is 1. The normalized spacial score (nSPS) is 12.5. The summed E-state index contributed by atoms with van der Waals surface area (Å²) in [6.45, 7) is 0. The molecule has 0 saturated carbocycles. The maximum absolute atomic E-state index is 13.6. The smallest absolute Gasteiger partial charge is 0.262 e. The van der Waals surface area contributed by atoms with Gasteiger partial charge in [0.15, 0.2) is 15.7 Å². The minimum atomic E-state index is -5.54. The Labute approximate surface area is 199 Å². The summed E-state index contributed by atoms with van der Waals surface area (Å²) in [7, 11) is -3.67. The summed E-state index contributed by atoms with van der Waals surface area (Å²) < 4.78 is 103. The van der Waals surface area contributed by atoms with Crippen molar-refractivity contribution in [2.75, 3.05) is 11.3 Å². The third-order valence-electron chi connectivity index (χ3n) is 4.52. The molecule has 0 aliphatic carbocycles. The minimum Gasteiger partial charge on any atom is -0.262 e. The first kappa shape index (κ1) is 26.4. The fraction of sp³-hybridized carbons (Fsp3) is 0.150. The molecule has 1 heterocycles. The quantitative estimate of drug-likeness (QED) is 0.224. The van der Waals surface area contributed by atoms with Gasteiger partial charge in [-0.2, -0.15) is 26.3 Å². The van der Waals surface area contributed by atoms with Gasteiger partial charge in [0.25, 0.3) is 0 Å². The fourth-order valence-corrected chi connectivity index (χ4v) is 3.69. The molecule has 35 heavy (non-hydrogen) atoms. The van der Waals surface area contributed by atoms with Crippen LogP contribution in [-0.2, 0) is 20.8 Å². The highest BCUT2D eigenvalue weighted by Gasteiger charge is 2.45. The molecule has 186 valence electrons. The van der Waals surface area contributed by atoms with Gasteiger partial charge in [-0.25, -0.2) is 29.2 Å². The van der Waals surface area contributed by atoms with E-state index in [4.69, 9.17) is 17.4 Å². The molecular weight excluding hydrogens is 526 g/mol. The molecule has 0 aliphatic heterocycles. The summed E-state index contributed by atoms with van der Waals surface area (Å²) in [6, 6.07) is 9.45. The molecule has 0 aliphatic rings. The SMILES string of the molecule is CS(=O)(=O)c1ccc(-c2nc(C(F)(F)F)nc(N(N)C(=O)C(F)(F)F)c2-c2ccc(Cl)cc2)cc1. The predicted octanol–water partition coefficient (Wildman–Crippen LogP) is 4.66. The highest BCUT2D eigenvalue weighted by molar-refractivity contribution is 7.90. The van der Waals surface area contributed by atoms with E-state index in [1.807, 2.05) is 0 Å². The van der Waals surface area contributed by atoms with E-state index in [1.54, 1.807) is 0 Å². The lowest BCUT2D eigenvalue weighted by Crippen LogP contribution is -2.47. The number of nitrogens with zero attached hydrogens (tertiary/aromatic N) is 3. The number of aromatic nitrogens is 2. The van der Waals surface area contributed by atoms with Crippen LogP contribution in [0.15, 0.2) is 53.4 Å². The Bertz CT molecular complexity index is 1380. The van der Waals surface area contributed by atoms with Gasteiger partial charge in [0.05, 0.1) is 16.2 Å². The number of rotatable bonds is 4. The summed E-state index contributed by atoms with van der Waals surface area (Å²) in [5.74, 6) is -0.407. The number of carbonyl (C=O) groups excluding carboxylic acids is 1. The molecule has 1 amide bonds. The maximum Gasteiger partial charge on any atom is 0.473 e. The molecule has 0 spiro atoms. The second-order valence-corrected chi connectivity index (χ2v) is 9.52. The van der Waals surface area contributed by atoms with Gasteiger partial charge in [-0.1, -0.05) is 35.9 Å². The van der Waals surface area contributed by atoms with Gasteiger partial charge in [-0.05, 0) is 29.8 Å². The Morgan fingerprint density at radius 2 is 1.43 bits per heavy atom. The molecule has 2 aromatic carbocycles. The molecule has 0 atom stereocenters. The summed E-state index contributed by atoms with van der Waals surface area (Å²) in [6.07, 6.45) is -9.87. The molecular formula is C20H13ClF6N4O3S. The molecule has 0 fully saturated rings. The van der Waals surface area contributed by atoms with Crippen LogP contribution in [0.5, 0.6) is 0 Å². The molecule has 0 saturated heterocycles. The Morgan fingerprint density at radius 3 is 1.89 bits per heavy atom. The van der Waals surface area contributed by atoms with Crippen molar-refractivity contribution >= 4 is 33.2 Å². The summed E-state index contributed by atoms with van der Waals surface area (Å²) in [5.41, 5.74) is -1.16. The average Bonchev–Trinajstić information content (AvgIpc) is 2.76. The predicted molar refractivity (Wildman–Crippen MR) is 114 cm³/mol. The van der Waals surface area contributed by atoms with Crippen LogP contribution in [0, 0.1) is 0 Å². The Kier molecular flexibility index (Phi) is 6.85. The number of hydrogen-bond acceptors (Lipinski definition) is 6. The molecule has 0 radical (unpaired) electrons. The lowest BCUT2D eigenvalue weighted by Gasteiger charge is -2.23. The van der Waals surface area contributed by atoms with Crippen molar-refractivity contribution in [1.29, 1.82) is 0 Å². The number of benzene rings is 2. The number of amides is 1. The number of sulfone groups is 1. The van der Waals surface area contributed by atoms with Crippen molar-refractivity contribution in [2.24, 2.45) is 5.84 Å². The number of anilines is 1. The first-order valence-electron chi connectivity index (χ1n) is 9.22. The first-order chi connectivity index (χ1) is 16.0. The molecule has 1 aromatic heterocycles.